The van der Waals surface area contributed by atoms with Crippen LogP contribution in [0.3, 0.4) is 0 Å². The quantitative estimate of drug-likeness (QED) is 0.640. The molecule has 0 bridgehead atoms. The third-order valence-corrected chi connectivity index (χ3v) is 4.50. The number of amides is 1. The van der Waals surface area contributed by atoms with E-state index in [2.05, 4.69) is 10.3 Å². The summed E-state index contributed by atoms with van der Waals surface area (Å²) in [6.45, 7) is 2.17. The number of ether oxygens (including phenoxy) is 2. The van der Waals surface area contributed by atoms with Gasteiger partial charge < -0.3 is 19.2 Å². The zero-order valence-corrected chi connectivity index (χ0v) is 16.7. The van der Waals surface area contributed by atoms with Crippen molar-refractivity contribution in [3.8, 4) is 23.0 Å². The van der Waals surface area contributed by atoms with E-state index in [1.54, 1.807) is 45.4 Å². The first-order valence-electron chi connectivity index (χ1n) is 8.74. The van der Waals surface area contributed by atoms with Gasteiger partial charge in [0.05, 0.1) is 14.2 Å². The molecular weight excluding hydrogens is 380 g/mol. The highest BCUT2D eigenvalue weighted by atomic mass is 35.5. The first kappa shape index (κ1) is 19.8. The van der Waals surface area contributed by atoms with Gasteiger partial charge in [-0.25, -0.2) is 4.98 Å². The van der Waals surface area contributed by atoms with Gasteiger partial charge in [0, 0.05) is 17.1 Å². The van der Waals surface area contributed by atoms with Crippen LogP contribution in [0.4, 0.5) is 0 Å². The molecular formula is C21H21ClN2O4. The molecule has 0 atom stereocenters. The minimum Gasteiger partial charge on any atom is -0.493 e. The highest BCUT2D eigenvalue weighted by Gasteiger charge is 2.18. The Morgan fingerprint density at radius 1 is 1.11 bits per heavy atom. The van der Waals surface area contributed by atoms with Crippen molar-refractivity contribution in [2.75, 3.05) is 20.8 Å². The Balaban J connectivity index is 1.63. The van der Waals surface area contributed by atoms with Gasteiger partial charge in [-0.15, -0.1) is 0 Å². The third kappa shape index (κ3) is 4.46. The molecule has 0 aliphatic carbocycles. The maximum atomic E-state index is 12.5. The Bertz CT molecular complexity index is 967. The Morgan fingerprint density at radius 3 is 2.50 bits per heavy atom. The minimum atomic E-state index is -0.276. The Hall–Kier alpha value is -2.99. The summed E-state index contributed by atoms with van der Waals surface area (Å²) in [5.41, 5.74) is 2.06. The summed E-state index contributed by atoms with van der Waals surface area (Å²) in [7, 11) is 3.19. The first-order valence-corrected chi connectivity index (χ1v) is 9.12. The molecule has 1 amide bonds. The number of hydrogen-bond acceptors (Lipinski definition) is 5. The summed E-state index contributed by atoms with van der Waals surface area (Å²) in [5.74, 6) is 1.91. The molecule has 28 heavy (non-hydrogen) atoms. The highest BCUT2D eigenvalue weighted by Crippen LogP contribution is 2.27. The fraction of sp³-hybridized carbons (Fsp3) is 0.238. The van der Waals surface area contributed by atoms with Gasteiger partial charge in [0.25, 0.3) is 5.91 Å². The Morgan fingerprint density at radius 2 is 1.82 bits per heavy atom. The topological polar surface area (TPSA) is 73.6 Å². The normalized spacial score (nSPS) is 10.6. The van der Waals surface area contributed by atoms with Crippen molar-refractivity contribution in [3.63, 3.8) is 0 Å². The molecule has 0 saturated carbocycles. The van der Waals surface area contributed by atoms with Crippen LogP contribution in [0.2, 0.25) is 5.02 Å². The second kappa shape index (κ2) is 8.80. The molecule has 0 spiro atoms. The van der Waals surface area contributed by atoms with Gasteiger partial charge in [0.15, 0.2) is 17.2 Å². The molecule has 146 valence electrons. The van der Waals surface area contributed by atoms with E-state index in [1.165, 1.54) is 0 Å². The monoisotopic (exact) mass is 400 g/mol. The zero-order valence-electron chi connectivity index (χ0n) is 15.9. The van der Waals surface area contributed by atoms with Gasteiger partial charge >= 0.3 is 0 Å². The van der Waals surface area contributed by atoms with Crippen LogP contribution in [0.5, 0.6) is 11.5 Å². The molecule has 1 N–H and O–H groups in total. The molecule has 3 rings (SSSR count). The lowest BCUT2D eigenvalue weighted by Crippen LogP contribution is -2.26. The van der Waals surface area contributed by atoms with E-state index in [-0.39, 0.29) is 11.6 Å². The van der Waals surface area contributed by atoms with E-state index in [0.29, 0.717) is 41.1 Å². The zero-order chi connectivity index (χ0) is 20.1. The van der Waals surface area contributed by atoms with E-state index < -0.39 is 0 Å². The van der Waals surface area contributed by atoms with Crippen LogP contribution in [-0.2, 0) is 6.42 Å². The summed E-state index contributed by atoms with van der Waals surface area (Å²) in [5, 5.41) is 3.50. The maximum absolute atomic E-state index is 12.5. The van der Waals surface area contributed by atoms with Crippen LogP contribution in [-0.4, -0.2) is 31.7 Å². The lowest BCUT2D eigenvalue weighted by Gasteiger charge is -2.10. The van der Waals surface area contributed by atoms with Crippen molar-refractivity contribution in [3.05, 3.63) is 64.5 Å². The number of oxazole rings is 1. The lowest BCUT2D eigenvalue weighted by molar-refractivity contribution is 0.0948. The molecule has 0 unspecified atom stereocenters. The fourth-order valence-corrected chi connectivity index (χ4v) is 2.89. The van der Waals surface area contributed by atoms with E-state index in [9.17, 15) is 4.79 Å². The SMILES string of the molecule is COc1ccc(CCNC(=O)c2nc(-c3ccc(Cl)cc3)oc2C)cc1OC. The van der Waals surface area contributed by atoms with E-state index in [0.717, 1.165) is 11.1 Å². The molecule has 3 aromatic rings. The number of nitrogens with zero attached hydrogens (tertiary/aromatic N) is 1. The Labute approximate surface area is 168 Å². The molecule has 0 aliphatic rings. The van der Waals surface area contributed by atoms with Gasteiger partial charge in [-0.05, 0) is 55.3 Å². The predicted octanol–water partition coefficient (Wildman–Crippen LogP) is 4.29. The third-order valence-electron chi connectivity index (χ3n) is 4.25. The molecule has 0 radical (unpaired) electrons. The first-order chi connectivity index (χ1) is 13.5. The van der Waals surface area contributed by atoms with Gasteiger partial charge in [0.1, 0.15) is 5.76 Å². The number of aromatic nitrogens is 1. The molecule has 6 nitrogen and oxygen atoms in total. The molecule has 1 heterocycles. The number of benzene rings is 2. The predicted molar refractivity (Wildman–Crippen MR) is 107 cm³/mol. The van der Waals surface area contributed by atoms with Crippen molar-refractivity contribution in [2.24, 2.45) is 0 Å². The van der Waals surface area contributed by atoms with Crippen LogP contribution in [0.25, 0.3) is 11.5 Å². The van der Waals surface area contributed by atoms with Crippen molar-refractivity contribution in [2.45, 2.75) is 13.3 Å². The van der Waals surface area contributed by atoms with Crippen LogP contribution in [0.1, 0.15) is 21.8 Å². The Kier molecular flexibility index (Phi) is 6.21. The van der Waals surface area contributed by atoms with Crippen LogP contribution >= 0.6 is 11.6 Å². The average Bonchev–Trinajstić information content (AvgIpc) is 3.10. The van der Waals surface area contributed by atoms with Crippen molar-refractivity contribution >= 4 is 17.5 Å². The van der Waals surface area contributed by atoms with E-state index in [4.69, 9.17) is 25.5 Å². The van der Waals surface area contributed by atoms with Gasteiger partial charge in [-0.2, -0.15) is 0 Å². The standard InChI is InChI=1S/C21H21ClN2O4/c1-13-19(24-21(28-13)15-5-7-16(22)8-6-15)20(25)23-11-10-14-4-9-17(26-2)18(12-14)27-3/h4-9,12H,10-11H2,1-3H3,(H,23,25). The molecule has 0 aliphatic heterocycles. The number of hydrogen-bond donors (Lipinski definition) is 1. The molecule has 0 saturated heterocycles. The number of carbonyl (C=O) groups excluding carboxylic acids is 1. The van der Waals surface area contributed by atoms with Crippen molar-refractivity contribution in [1.29, 1.82) is 0 Å². The summed E-state index contributed by atoms with van der Waals surface area (Å²) >= 11 is 5.90. The van der Waals surface area contributed by atoms with Gasteiger partial charge in [-0.1, -0.05) is 17.7 Å². The number of rotatable bonds is 7. The number of nitrogens with one attached hydrogen (secondary N) is 1. The van der Waals surface area contributed by atoms with Gasteiger partial charge in [-0.3, -0.25) is 4.79 Å². The van der Waals surface area contributed by atoms with Crippen molar-refractivity contribution < 1.29 is 18.7 Å². The molecule has 0 fully saturated rings. The smallest absolute Gasteiger partial charge is 0.273 e. The van der Waals surface area contributed by atoms with Crippen molar-refractivity contribution in [1.82, 2.24) is 10.3 Å². The number of carbonyl (C=O) groups is 1. The van der Waals surface area contributed by atoms with E-state index in [1.807, 2.05) is 18.2 Å². The lowest BCUT2D eigenvalue weighted by atomic mass is 10.1. The summed E-state index contributed by atoms with van der Waals surface area (Å²) in [4.78, 5) is 16.8. The highest BCUT2D eigenvalue weighted by molar-refractivity contribution is 6.30. The summed E-state index contributed by atoms with van der Waals surface area (Å²) in [6, 6.07) is 12.8. The largest absolute Gasteiger partial charge is 0.493 e. The van der Waals surface area contributed by atoms with Crippen LogP contribution < -0.4 is 14.8 Å². The summed E-state index contributed by atoms with van der Waals surface area (Å²) in [6.07, 6.45) is 0.646. The summed E-state index contributed by atoms with van der Waals surface area (Å²) < 4.78 is 16.2. The van der Waals surface area contributed by atoms with Crippen LogP contribution in [0.15, 0.2) is 46.9 Å². The number of methoxy groups -OCH3 is 2. The molecule has 1 aromatic heterocycles. The molecule has 7 heteroatoms. The number of aryl methyl sites for hydroxylation is 1. The second-order valence-electron chi connectivity index (χ2n) is 6.13. The van der Waals surface area contributed by atoms with Crippen LogP contribution in [0, 0.1) is 6.92 Å². The second-order valence-corrected chi connectivity index (χ2v) is 6.56. The molecule has 2 aromatic carbocycles. The average molecular weight is 401 g/mol. The van der Waals surface area contributed by atoms with Gasteiger partial charge in [0.2, 0.25) is 5.89 Å². The number of halogens is 1. The maximum Gasteiger partial charge on any atom is 0.273 e. The fourth-order valence-electron chi connectivity index (χ4n) is 2.76. The minimum absolute atomic E-state index is 0.275. The van der Waals surface area contributed by atoms with E-state index >= 15 is 0 Å².